The molecule has 0 saturated carbocycles. The van der Waals surface area contributed by atoms with Gasteiger partial charge in [0, 0.05) is 24.8 Å². The number of rotatable bonds is 4. The number of carbonyl (C=O) groups excluding carboxylic acids is 1. The van der Waals surface area contributed by atoms with Gasteiger partial charge in [-0.25, -0.2) is 14.6 Å². The highest BCUT2D eigenvalue weighted by Gasteiger charge is 2.32. The van der Waals surface area contributed by atoms with Crippen LogP contribution in [0.3, 0.4) is 0 Å². The second kappa shape index (κ2) is 8.13. The molecule has 3 heterocycles. The number of anilines is 2. The number of halogens is 3. The van der Waals surface area contributed by atoms with Gasteiger partial charge in [-0.05, 0) is 49.6 Å². The van der Waals surface area contributed by atoms with E-state index in [-0.39, 0.29) is 11.3 Å². The third kappa shape index (κ3) is 4.27. The van der Waals surface area contributed by atoms with Crippen LogP contribution in [0.2, 0.25) is 0 Å². The largest absolute Gasteiger partial charge is 0.416 e. The van der Waals surface area contributed by atoms with Gasteiger partial charge in [0.05, 0.1) is 16.9 Å². The molecule has 0 aliphatic carbocycles. The molecule has 1 amide bonds. The SMILES string of the molecule is O=C(Nc1cc(C(F)(F)F)ccc1N1CCCCC1)c1ccnc(-n2cncn2)c1. The number of nitrogens with zero attached hydrogens (tertiary/aromatic N) is 5. The minimum absolute atomic E-state index is 0.135. The van der Waals surface area contributed by atoms with E-state index in [1.807, 2.05) is 4.90 Å². The Kier molecular flexibility index (Phi) is 5.39. The normalized spacial score (nSPS) is 14.6. The Bertz CT molecular complexity index is 1030. The van der Waals surface area contributed by atoms with Gasteiger partial charge in [0.1, 0.15) is 12.7 Å². The van der Waals surface area contributed by atoms with Crippen LogP contribution in [0, 0.1) is 0 Å². The molecule has 1 saturated heterocycles. The predicted molar refractivity (Wildman–Crippen MR) is 105 cm³/mol. The maximum atomic E-state index is 13.3. The van der Waals surface area contributed by atoms with Crippen molar-refractivity contribution < 1.29 is 18.0 Å². The summed E-state index contributed by atoms with van der Waals surface area (Å²) in [6, 6.07) is 6.45. The molecule has 0 atom stereocenters. The second-order valence-corrected chi connectivity index (χ2v) is 6.97. The van der Waals surface area contributed by atoms with E-state index < -0.39 is 17.6 Å². The molecule has 0 unspecified atom stereocenters. The first-order chi connectivity index (χ1) is 14.4. The van der Waals surface area contributed by atoms with E-state index in [1.54, 1.807) is 0 Å². The van der Waals surface area contributed by atoms with E-state index in [9.17, 15) is 18.0 Å². The monoisotopic (exact) mass is 416 g/mol. The van der Waals surface area contributed by atoms with Crippen molar-refractivity contribution >= 4 is 17.3 Å². The van der Waals surface area contributed by atoms with Crippen molar-refractivity contribution in [1.82, 2.24) is 19.7 Å². The number of benzene rings is 1. The molecule has 10 heteroatoms. The molecule has 0 bridgehead atoms. The Morgan fingerprint density at radius 2 is 1.87 bits per heavy atom. The van der Waals surface area contributed by atoms with Gasteiger partial charge in [-0.15, -0.1) is 0 Å². The number of piperidine rings is 1. The van der Waals surface area contributed by atoms with Crippen molar-refractivity contribution in [3.8, 4) is 5.82 Å². The zero-order valence-electron chi connectivity index (χ0n) is 15.9. The maximum absolute atomic E-state index is 13.3. The van der Waals surface area contributed by atoms with E-state index >= 15 is 0 Å². The van der Waals surface area contributed by atoms with Gasteiger partial charge in [0.25, 0.3) is 5.91 Å². The second-order valence-electron chi connectivity index (χ2n) is 6.97. The molecule has 1 fully saturated rings. The molecule has 1 aliphatic heterocycles. The molecule has 156 valence electrons. The molecule has 1 N–H and O–H groups in total. The minimum atomic E-state index is -4.50. The lowest BCUT2D eigenvalue weighted by Gasteiger charge is -2.31. The summed E-state index contributed by atoms with van der Waals surface area (Å²) in [7, 11) is 0. The van der Waals surface area contributed by atoms with Gasteiger partial charge in [-0.3, -0.25) is 4.79 Å². The van der Waals surface area contributed by atoms with E-state index in [0.29, 0.717) is 11.5 Å². The smallest absolute Gasteiger partial charge is 0.370 e. The Labute approximate surface area is 170 Å². The summed E-state index contributed by atoms with van der Waals surface area (Å²) in [6.07, 6.45) is 2.70. The third-order valence-corrected chi connectivity index (χ3v) is 4.93. The third-order valence-electron chi connectivity index (χ3n) is 4.93. The van der Waals surface area contributed by atoms with Crippen LogP contribution in [0.4, 0.5) is 24.5 Å². The number of nitrogens with one attached hydrogen (secondary N) is 1. The quantitative estimate of drug-likeness (QED) is 0.698. The first-order valence-corrected chi connectivity index (χ1v) is 9.50. The molecule has 1 aliphatic rings. The van der Waals surface area contributed by atoms with Crippen LogP contribution in [0.1, 0.15) is 35.2 Å². The Morgan fingerprint density at radius 1 is 1.07 bits per heavy atom. The van der Waals surface area contributed by atoms with Gasteiger partial charge < -0.3 is 10.2 Å². The van der Waals surface area contributed by atoms with Crippen LogP contribution >= 0.6 is 0 Å². The summed E-state index contributed by atoms with van der Waals surface area (Å²) < 4.78 is 41.2. The van der Waals surface area contributed by atoms with E-state index in [2.05, 4.69) is 20.4 Å². The lowest BCUT2D eigenvalue weighted by Crippen LogP contribution is -2.30. The van der Waals surface area contributed by atoms with Crippen molar-refractivity contribution in [1.29, 1.82) is 0 Å². The van der Waals surface area contributed by atoms with E-state index in [4.69, 9.17) is 0 Å². The van der Waals surface area contributed by atoms with Crippen LogP contribution in [0.5, 0.6) is 0 Å². The fourth-order valence-electron chi connectivity index (χ4n) is 3.43. The topological polar surface area (TPSA) is 75.9 Å². The average Bonchev–Trinajstić information content (AvgIpc) is 3.29. The highest BCUT2D eigenvalue weighted by Crippen LogP contribution is 2.36. The van der Waals surface area contributed by atoms with Gasteiger partial charge in [0.15, 0.2) is 5.82 Å². The first kappa shape index (κ1) is 19.9. The van der Waals surface area contributed by atoms with Crippen LogP contribution < -0.4 is 10.2 Å². The molecule has 0 radical (unpaired) electrons. The molecular weight excluding hydrogens is 397 g/mol. The number of hydrogen-bond acceptors (Lipinski definition) is 5. The minimum Gasteiger partial charge on any atom is -0.370 e. The molecule has 1 aromatic carbocycles. The number of pyridine rings is 1. The van der Waals surface area contributed by atoms with Crippen LogP contribution in [0.15, 0.2) is 49.2 Å². The average molecular weight is 416 g/mol. The summed E-state index contributed by atoms with van der Waals surface area (Å²) >= 11 is 0. The highest BCUT2D eigenvalue weighted by molar-refractivity contribution is 6.06. The number of alkyl halides is 3. The highest BCUT2D eigenvalue weighted by atomic mass is 19.4. The van der Waals surface area contributed by atoms with Gasteiger partial charge in [0.2, 0.25) is 0 Å². The first-order valence-electron chi connectivity index (χ1n) is 9.50. The van der Waals surface area contributed by atoms with Gasteiger partial charge in [-0.1, -0.05) is 0 Å². The van der Waals surface area contributed by atoms with Gasteiger partial charge >= 0.3 is 6.18 Å². The summed E-state index contributed by atoms with van der Waals surface area (Å²) in [6.45, 7) is 1.47. The summed E-state index contributed by atoms with van der Waals surface area (Å²) in [5.41, 5.74) is 0.159. The lowest BCUT2D eigenvalue weighted by atomic mass is 10.1. The molecule has 0 spiro atoms. The van der Waals surface area contributed by atoms with Crippen LogP contribution in [0.25, 0.3) is 5.82 Å². The summed E-state index contributed by atoms with van der Waals surface area (Å²) in [5, 5.41) is 6.62. The van der Waals surface area contributed by atoms with Crippen molar-refractivity contribution in [2.75, 3.05) is 23.3 Å². The fourth-order valence-corrected chi connectivity index (χ4v) is 3.43. The maximum Gasteiger partial charge on any atom is 0.416 e. The predicted octanol–water partition coefficient (Wildman–Crippen LogP) is 3.92. The summed E-state index contributed by atoms with van der Waals surface area (Å²) in [4.78, 5) is 22.8. The van der Waals surface area contributed by atoms with Crippen molar-refractivity contribution in [2.24, 2.45) is 0 Å². The Balaban J connectivity index is 1.65. The zero-order valence-corrected chi connectivity index (χ0v) is 15.9. The molecule has 2 aromatic heterocycles. The van der Waals surface area contributed by atoms with Crippen LogP contribution in [-0.4, -0.2) is 38.7 Å². The number of hydrogen-bond donors (Lipinski definition) is 1. The molecular formula is C20H19F3N6O. The van der Waals surface area contributed by atoms with Crippen LogP contribution in [-0.2, 0) is 6.18 Å². The van der Waals surface area contributed by atoms with Crippen molar-refractivity contribution in [3.05, 3.63) is 60.3 Å². The Hall–Kier alpha value is -3.43. The molecule has 4 rings (SSSR count). The standard InChI is InChI=1S/C20H19F3N6O/c21-20(22,23)15-4-5-17(28-8-2-1-3-9-28)16(11-15)27-19(30)14-6-7-25-18(10-14)29-13-24-12-26-29/h4-7,10-13H,1-3,8-9H2,(H,27,30). The van der Waals surface area contributed by atoms with E-state index in [0.717, 1.165) is 44.5 Å². The Morgan fingerprint density at radius 3 is 2.57 bits per heavy atom. The molecule has 3 aromatic rings. The van der Waals surface area contributed by atoms with Crippen molar-refractivity contribution in [2.45, 2.75) is 25.4 Å². The van der Waals surface area contributed by atoms with Crippen molar-refractivity contribution in [3.63, 3.8) is 0 Å². The lowest BCUT2D eigenvalue weighted by molar-refractivity contribution is -0.137. The molecule has 30 heavy (non-hydrogen) atoms. The number of carbonyl (C=O) groups is 1. The molecule has 7 nitrogen and oxygen atoms in total. The zero-order chi connectivity index (χ0) is 21.1. The fraction of sp³-hybridized carbons (Fsp3) is 0.300. The van der Waals surface area contributed by atoms with Gasteiger partial charge in [-0.2, -0.15) is 18.3 Å². The number of amides is 1. The van der Waals surface area contributed by atoms with E-state index in [1.165, 1.54) is 41.7 Å². The number of aromatic nitrogens is 4. The summed E-state index contributed by atoms with van der Waals surface area (Å²) in [5.74, 6) is -0.156.